The SMILES string of the molecule is CCOC(=O)NC(Oc1ccc(F)cc1)(C(F)(F)F)C(F)(F)F. The third-order valence-corrected chi connectivity index (χ3v) is 2.44. The Kier molecular flexibility index (Phi) is 5.33. The van der Waals surface area contributed by atoms with Gasteiger partial charge in [0.1, 0.15) is 11.6 Å². The van der Waals surface area contributed by atoms with E-state index in [4.69, 9.17) is 0 Å². The van der Waals surface area contributed by atoms with Crippen LogP contribution in [0.15, 0.2) is 24.3 Å². The molecule has 1 rings (SSSR count). The molecule has 0 aliphatic heterocycles. The topological polar surface area (TPSA) is 47.6 Å². The second kappa shape index (κ2) is 6.50. The average molecular weight is 349 g/mol. The second-order valence-electron chi connectivity index (χ2n) is 4.08. The van der Waals surface area contributed by atoms with Crippen molar-refractivity contribution in [2.45, 2.75) is 25.0 Å². The maximum Gasteiger partial charge on any atom is 0.458 e. The molecule has 0 atom stereocenters. The molecule has 0 aliphatic carbocycles. The Morgan fingerprint density at radius 3 is 1.91 bits per heavy atom. The molecule has 0 aromatic heterocycles. The molecule has 1 aromatic carbocycles. The zero-order chi connectivity index (χ0) is 17.9. The fraction of sp³-hybridized carbons (Fsp3) is 0.417. The van der Waals surface area contributed by atoms with Crippen molar-refractivity contribution < 1.29 is 45.0 Å². The van der Waals surface area contributed by atoms with Crippen LogP contribution in [-0.4, -0.2) is 30.8 Å². The molecule has 4 nitrogen and oxygen atoms in total. The summed E-state index contributed by atoms with van der Waals surface area (Å²) >= 11 is 0. The number of ether oxygens (including phenoxy) is 2. The van der Waals surface area contributed by atoms with E-state index in [1.807, 2.05) is 0 Å². The lowest BCUT2D eigenvalue weighted by Gasteiger charge is -2.36. The smallest absolute Gasteiger partial charge is 0.451 e. The van der Waals surface area contributed by atoms with Gasteiger partial charge < -0.3 is 9.47 Å². The Morgan fingerprint density at radius 1 is 1.04 bits per heavy atom. The maximum absolute atomic E-state index is 13.0. The van der Waals surface area contributed by atoms with E-state index in [-0.39, 0.29) is 0 Å². The van der Waals surface area contributed by atoms with Gasteiger partial charge in [0.05, 0.1) is 6.61 Å². The molecule has 0 saturated carbocycles. The van der Waals surface area contributed by atoms with E-state index in [9.17, 15) is 35.5 Å². The van der Waals surface area contributed by atoms with E-state index in [1.165, 1.54) is 6.92 Å². The first kappa shape index (κ1) is 18.8. The molecule has 0 unspecified atom stereocenters. The van der Waals surface area contributed by atoms with E-state index in [1.54, 1.807) is 0 Å². The Hall–Kier alpha value is -2.20. The number of hydrogen-bond donors (Lipinski definition) is 1. The highest BCUT2D eigenvalue weighted by atomic mass is 19.4. The fourth-order valence-corrected chi connectivity index (χ4v) is 1.43. The number of alkyl carbamates (subject to hydrolysis) is 1. The molecule has 0 fully saturated rings. The van der Waals surface area contributed by atoms with Crippen LogP contribution in [0.4, 0.5) is 35.5 Å². The van der Waals surface area contributed by atoms with Crippen LogP contribution in [0.3, 0.4) is 0 Å². The van der Waals surface area contributed by atoms with Gasteiger partial charge in [-0.1, -0.05) is 0 Å². The zero-order valence-corrected chi connectivity index (χ0v) is 11.4. The van der Waals surface area contributed by atoms with Gasteiger partial charge in [-0.2, -0.15) is 26.3 Å². The first-order chi connectivity index (χ1) is 10.4. The number of carbonyl (C=O) groups is 1. The minimum Gasteiger partial charge on any atom is -0.451 e. The van der Waals surface area contributed by atoms with E-state index in [0.717, 1.165) is 0 Å². The number of hydrogen-bond acceptors (Lipinski definition) is 3. The Labute approximate surface area is 125 Å². The van der Waals surface area contributed by atoms with Gasteiger partial charge in [-0.25, -0.2) is 9.18 Å². The van der Waals surface area contributed by atoms with Crippen LogP contribution in [0.5, 0.6) is 5.75 Å². The lowest BCUT2D eigenvalue weighted by molar-refractivity contribution is -0.365. The summed E-state index contributed by atoms with van der Waals surface area (Å²) in [4.78, 5) is 11.1. The van der Waals surface area contributed by atoms with Crippen molar-refractivity contribution in [2.24, 2.45) is 0 Å². The van der Waals surface area contributed by atoms with E-state index in [2.05, 4.69) is 9.47 Å². The quantitative estimate of drug-likeness (QED) is 0.665. The van der Waals surface area contributed by atoms with Gasteiger partial charge in [-0.05, 0) is 31.2 Å². The first-order valence-corrected chi connectivity index (χ1v) is 5.96. The summed E-state index contributed by atoms with van der Waals surface area (Å²) in [5, 5.41) is 0.647. The Bertz CT molecular complexity index is 525. The van der Waals surface area contributed by atoms with Crippen molar-refractivity contribution in [1.29, 1.82) is 0 Å². The van der Waals surface area contributed by atoms with Crippen molar-refractivity contribution in [3.8, 4) is 5.75 Å². The summed E-state index contributed by atoms with van der Waals surface area (Å²) in [5.74, 6) is -1.86. The molecule has 11 heteroatoms. The molecule has 0 bridgehead atoms. The van der Waals surface area contributed by atoms with Crippen molar-refractivity contribution in [3.05, 3.63) is 30.1 Å². The normalized spacial score (nSPS) is 12.7. The summed E-state index contributed by atoms with van der Waals surface area (Å²) in [6.07, 6.45) is -14.1. The summed E-state index contributed by atoms with van der Waals surface area (Å²) in [5.41, 5.74) is -5.05. The predicted molar refractivity (Wildman–Crippen MR) is 62.0 cm³/mol. The summed E-state index contributed by atoms with van der Waals surface area (Å²) in [7, 11) is 0. The zero-order valence-electron chi connectivity index (χ0n) is 11.4. The highest BCUT2D eigenvalue weighted by Gasteiger charge is 2.75. The molecule has 0 heterocycles. The van der Waals surface area contributed by atoms with Crippen LogP contribution in [0.2, 0.25) is 0 Å². The largest absolute Gasteiger partial charge is 0.458 e. The standard InChI is InChI=1S/C12H10F7NO3/c1-2-22-9(21)20-10(11(14,15)16,12(17,18)19)23-8-5-3-7(13)4-6-8/h3-6H,2H2,1H3,(H,20,21). The molecule has 1 N–H and O–H groups in total. The van der Waals surface area contributed by atoms with Crippen LogP contribution in [0, 0.1) is 5.82 Å². The van der Waals surface area contributed by atoms with Crippen LogP contribution in [0.1, 0.15) is 6.92 Å². The number of carbonyl (C=O) groups excluding carboxylic acids is 1. The molecule has 130 valence electrons. The van der Waals surface area contributed by atoms with Crippen LogP contribution >= 0.6 is 0 Å². The molecule has 1 aromatic rings. The summed E-state index contributed by atoms with van der Waals surface area (Å²) < 4.78 is 99.0. The van der Waals surface area contributed by atoms with Gasteiger partial charge in [0.15, 0.2) is 0 Å². The van der Waals surface area contributed by atoms with E-state index >= 15 is 0 Å². The van der Waals surface area contributed by atoms with Crippen LogP contribution < -0.4 is 10.1 Å². The highest BCUT2D eigenvalue weighted by molar-refractivity contribution is 5.68. The van der Waals surface area contributed by atoms with Crippen molar-refractivity contribution in [1.82, 2.24) is 5.32 Å². The van der Waals surface area contributed by atoms with Crippen molar-refractivity contribution >= 4 is 6.09 Å². The molecule has 0 spiro atoms. The Morgan fingerprint density at radius 2 is 1.52 bits per heavy atom. The molecular formula is C12H10F7NO3. The summed E-state index contributed by atoms with van der Waals surface area (Å²) in [6, 6.07) is 2.29. The number of halogens is 7. The number of alkyl halides is 6. The third-order valence-electron chi connectivity index (χ3n) is 2.44. The number of nitrogens with one attached hydrogen (secondary N) is 1. The Balaban J connectivity index is 3.32. The monoisotopic (exact) mass is 349 g/mol. The predicted octanol–water partition coefficient (Wildman–Crippen LogP) is 3.77. The molecule has 0 saturated heterocycles. The molecule has 0 aliphatic rings. The third kappa shape index (κ3) is 4.17. The van der Waals surface area contributed by atoms with Gasteiger partial charge >= 0.3 is 24.2 Å². The van der Waals surface area contributed by atoms with Crippen LogP contribution in [-0.2, 0) is 4.74 Å². The lowest BCUT2D eigenvalue weighted by atomic mass is 10.2. The first-order valence-electron chi connectivity index (χ1n) is 5.96. The fourth-order valence-electron chi connectivity index (χ4n) is 1.43. The van der Waals surface area contributed by atoms with Gasteiger partial charge in [0, 0.05) is 0 Å². The maximum atomic E-state index is 13.0. The molecular weight excluding hydrogens is 339 g/mol. The van der Waals surface area contributed by atoms with Gasteiger partial charge in [0.25, 0.3) is 0 Å². The van der Waals surface area contributed by atoms with E-state index in [0.29, 0.717) is 29.6 Å². The van der Waals surface area contributed by atoms with Gasteiger partial charge in [-0.3, -0.25) is 5.32 Å². The van der Waals surface area contributed by atoms with E-state index < -0.39 is 42.3 Å². The van der Waals surface area contributed by atoms with Gasteiger partial charge in [0.2, 0.25) is 0 Å². The minimum atomic E-state index is -6.08. The van der Waals surface area contributed by atoms with Crippen LogP contribution in [0.25, 0.3) is 0 Å². The summed E-state index contributed by atoms with van der Waals surface area (Å²) in [6.45, 7) is 0.720. The highest BCUT2D eigenvalue weighted by Crippen LogP contribution is 2.44. The molecule has 23 heavy (non-hydrogen) atoms. The number of benzene rings is 1. The molecule has 1 amide bonds. The van der Waals surface area contributed by atoms with Crippen molar-refractivity contribution in [2.75, 3.05) is 6.61 Å². The lowest BCUT2D eigenvalue weighted by Crippen LogP contribution is -2.71. The molecule has 0 radical (unpaired) electrons. The van der Waals surface area contributed by atoms with Crippen molar-refractivity contribution in [3.63, 3.8) is 0 Å². The van der Waals surface area contributed by atoms with Gasteiger partial charge in [-0.15, -0.1) is 0 Å². The average Bonchev–Trinajstić information content (AvgIpc) is 2.38. The minimum absolute atomic E-state index is 0.464. The number of rotatable bonds is 4. The second-order valence-corrected chi connectivity index (χ2v) is 4.08. The number of amides is 1.